The minimum absolute atomic E-state index is 0.0419. The van der Waals surface area contributed by atoms with E-state index in [9.17, 15) is 19.3 Å². The molecule has 1 rings (SSSR count). The second-order valence-electron chi connectivity index (χ2n) is 4.46. The van der Waals surface area contributed by atoms with Gasteiger partial charge in [-0.3, -0.25) is 14.9 Å². The molecule has 1 amide bonds. The van der Waals surface area contributed by atoms with Gasteiger partial charge in [0, 0.05) is 13.6 Å². The Bertz CT molecular complexity index is 503. The highest BCUT2D eigenvalue weighted by atomic mass is 19.1. The van der Waals surface area contributed by atoms with Crippen molar-refractivity contribution in [1.29, 1.82) is 0 Å². The number of hydrogen-bond donors (Lipinski definition) is 2. The zero-order valence-corrected chi connectivity index (χ0v) is 11.0. The second kappa shape index (κ2) is 6.12. The van der Waals surface area contributed by atoms with E-state index in [1.165, 1.54) is 7.05 Å². The molecule has 0 saturated heterocycles. The number of rotatable bonds is 5. The van der Waals surface area contributed by atoms with Crippen LogP contribution in [0.15, 0.2) is 12.1 Å². The highest BCUT2D eigenvalue weighted by molar-refractivity contribution is 5.99. The first-order chi connectivity index (χ1) is 8.86. The number of nitrogens with one attached hydrogen (secondary N) is 2. The van der Waals surface area contributed by atoms with Crippen LogP contribution < -0.4 is 10.6 Å². The lowest BCUT2D eigenvalue weighted by Gasteiger charge is -2.10. The van der Waals surface area contributed by atoms with E-state index in [1.54, 1.807) is 0 Å². The Morgan fingerprint density at radius 2 is 2.11 bits per heavy atom. The summed E-state index contributed by atoms with van der Waals surface area (Å²) in [5, 5.41) is 16.0. The number of amides is 1. The van der Waals surface area contributed by atoms with Gasteiger partial charge >= 0.3 is 0 Å². The number of nitro groups is 1. The van der Waals surface area contributed by atoms with Crippen LogP contribution in [0.5, 0.6) is 0 Å². The zero-order valence-electron chi connectivity index (χ0n) is 11.0. The molecule has 0 atom stereocenters. The molecule has 104 valence electrons. The molecule has 0 heterocycles. The first-order valence-electron chi connectivity index (χ1n) is 5.80. The van der Waals surface area contributed by atoms with Crippen molar-refractivity contribution >= 4 is 17.3 Å². The van der Waals surface area contributed by atoms with Gasteiger partial charge in [-0.2, -0.15) is 0 Å². The number of carbonyl (C=O) groups excluding carboxylic acids is 1. The average Bonchev–Trinajstić information content (AvgIpc) is 2.35. The van der Waals surface area contributed by atoms with Gasteiger partial charge in [0.1, 0.15) is 5.56 Å². The fraction of sp³-hybridized carbons (Fsp3) is 0.417. The van der Waals surface area contributed by atoms with Crippen LogP contribution in [-0.4, -0.2) is 24.4 Å². The Morgan fingerprint density at radius 3 is 2.58 bits per heavy atom. The Hall–Kier alpha value is -2.18. The van der Waals surface area contributed by atoms with Crippen LogP contribution >= 0.6 is 0 Å². The lowest BCUT2D eigenvalue weighted by molar-refractivity contribution is -0.385. The van der Waals surface area contributed by atoms with Crippen LogP contribution in [0.2, 0.25) is 0 Å². The summed E-state index contributed by atoms with van der Waals surface area (Å²) in [6, 6.07) is 1.89. The Labute approximate surface area is 110 Å². The Kier molecular flexibility index (Phi) is 4.80. The fourth-order valence-corrected chi connectivity index (χ4v) is 1.48. The van der Waals surface area contributed by atoms with E-state index in [-0.39, 0.29) is 17.2 Å². The van der Waals surface area contributed by atoms with Gasteiger partial charge in [-0.05, 0) is 12.0 Å². The molecule has 0 fully saturated rings. The Morgan fingerprint density at radius 1 is 1.47 bits per heavy atom. The highest BCUT2D eigenvalue weighted by Crippen LogP contribution is 2.25. The normalized spacial score (nSPS) is 10.4. The van der Waals surface area contributed by atoms with E-state index in [1.807, 2.05) is 13.8 Å². The van der Waals surface area contributed by atoms with Crippen LogP contribution in [0.25, 0.3) is 0 Å². The van der Waals surface area contributed by atoms with Crippen LogP contribution in [-0.2, 0) is 0 Å². The van der Waals surface area contributed by atoms with Crippen molar-refractivity contribution in [3.8, 4) is 0 Å². The van der Waals surface area contributed by atoms with E-state index < -0.39 is 22.3 Å². The van der Waals surface area contributed by atoms with E-state index >= 15 is 0 Å². The summed E-state index contributed by atoms with van der Waals surface area (Å²) >= 11 is 0. The predicted molar refractivity (Wildman–Crippen MR) is 69.8 cm³/mol. The minimum Gasteiger partial charge on any atom is -0.386 e. The van der Waals surface area contributed by atoms with Crippen molar-refractivity contribution in [2.45, 2.75) is 13.8 Å². The molecule has 1 aromatic carbocycles. The summed E-state index contributed by atoms with van der Waals surface area (Å²) in [4.78, 5) is 22.0. The fourth-order valence-electron chi connectivity index (χ4n) is 1.48. The van der Waals surface area contributed by atoms with Crippen molar-refractivity contribution in [3.05, 3.63) is 33.6 Å². The molecule has 6 nitrogen and oxygen atoms in total. The molecule has 0 aliphatic heterocycles. The van der Waals surface area contributed by atoms with Crippen LogP contribution in [0.4, 0.5) is 15.8 Å². The molecule has 0 saturated carbocycles. The van der Waals surface area contributed by atoms with Crippen molar-refractivity contribution in [3.63, 3.8) is 0 Å². The summed E-state index contributed by atoms with van der Waals surface area (Å²) in [6.07, 6.45) is 0. The summed E-state index contributed by atoms with van der Waals surface area (Å²) < 4.78 is 13.5. The van der Waals surface area contributed by atoms with Crippen molar-refractivity contribution in [2.24, 2.45) is 5.92 Å². The smallest absolute Gasteiger partial charge is 0.285 e. The molecule has 1 aromatic rings. The number of nitro benzene ring substituents is 1. The first kappa shape index (κ1) is 14.9. The standard InChI is InChI=1S/C12H16FN3O3/c1-7(2)6-15-12(17)8-4-10(14-3)9(13)5-11(8)16(18)19/h4-5,7,14H,6H2,1-3H3,(H,15,17). The second-order valence-corrected chi connectivity index (χ2v) is 4.46. The van der Waals surface area contributed by atoms with Crippen molar-refractivity contribution < 1.29 is 14.1 Å². The van der Waals surface area contributed by atoms with Crippen molar-refractivity contribution in [1.82, 2.24) is 5.32 Å². The lowest BCUT2D eigenvalue weighted by Crippen LogP contribution is -2.28. The van der Waals surface area contributed by atoms with Gasteiger partial charge in [0.25, 0.3) is 11.6 Å². The SMILES string of the molecule is CNc1cc(C(=O)NCC(C)C)c([N+](=O)[O-])cc1F. The van der Waals surface area contributed by atoms with Gasteiger partial charge in [0.2, 0.25) is 0 Å². The van der Waals surface area contributed by atoms with Gasteiger partial charge in [-0.1, -0.05) is 13.8 Å². The molecule has 2 N–H and O–H groups in total. The Balaban J connectivity index is 3.16. The molecule has 0 aromatic heterocycles. The number of benzene rings is 1. The topological polar surface area (TPSA) is 84.3 Å². The monoisotopic (exact) mass is 269 g/mol. The third-order valence-corrected chi connectivity index (χ3v) is 2.47. The quantitative estimate of drug-likeness (QED) is 0.633. The first-order valence-corrected chi connectivity index (χ1v) is 5.80. The van der Waals surface area contributed by atoms with Gasteiger partial charge in [0.15, 0.2) is 5.82 Å². The lowest BCUT2D eigenvalue weighted by atomic mass is 10.1. The van der Waals surface area contributed by atoms with Crippen LogP contribution in [0.1, 0.15) is 24.2 Å². The zero-order chi connectivity index (χ0) is 14.6. The predicted octanol–water partition coefficient (Wildman–Crippen LogP) is 2.16. The maximum atomic E-state index is 13.5. The molecule has 7 heteroatoms. The van der Waals surface area contributed by atoms with Gasteiger partial charge in [0.05, 0.1) is 16.7 Å². The molecular weight excluding hydrogens is 253 g/mol. The third kappa shape index (κ3) is 3.64. The summed E-state index contributed by atoms with van der Waals surface area (Å²) in [6.45, 7) is 4.19. The molecule has 0 spiro atoms. The van der Waals surface area contributed by atoms with E-state index in [2.05, 4.69) is 10.6 Å². The maximum absolute atomic E-state index is 13.5. The maximum Gasteiger partial charge on any atom is 0.285 e. The molecule has 0 radical (unpaired) electrons. The summed E-state index contributed by atoms with van der Waals surface area (Å²) in [5.74, 6) is -1.14. The van der Waals surface area contributed by atoms with Gasteiger partial charge in [-0.25, -0.2) is 4.39 Å². The average molecular weight is 269 g/mol. The molecule has 0 unspecified atom stereocenters. The molecule has 19 heavy (non-hydrogen) atoms. The van der Waals surface area contributed by atoms with Gasteiger partial charge in [-0.15, -0.1) is 0 Å². The molecule has 0 bridgehead atoms. The summed E-state index contributed by atoms with van der Waals surface area (Å²) in [5.41, 5.74) is -0.658. The molecular formula is C12H16FN3O3. The molecule has 0 aliphatic rings. The molecule has 0 aliphatic carbocycles. The van der Waals surface area contributed by atoms with Crippen molar-refractivity contribution in [2.75, 3.05) is 18.9 Å². The third-order valence-electron chi connectivity index (χ3n) is 2.47. The largest absolute Gasteiger partial charge is 0.386 e. The highest BCUT2D eigenvalue weighted by Gasteiger charge is 2.23. The number of halogens is 1. The van der Waals surface area contributed by atoms with E-state index in [4.69, 9.17) is 0 Å². The van der Waals surface area contributed by atoms with E-state index in [0.29, 0.717) is 6.54 Å². The minimum atomic E-state index is -0.771. The summed E-state index contributed by atoms with van der Waals surface area (Å²) in [7, 11) is 1.47. The van der Waals surface area contributed by atoms with E-state index in [0.717, 1.165) is 12.1 Å². The van der Waals surface area contributed by atoms with Gasteiger partial charge < -0.3 is 10.6 Å². The van der Waals surface area contributed by atoms with Crippen LogP contribution in [0.3, 0.4) is 0 Å². The number of nitrogens with zero attached hydrogens (tertiary/aromatic N) is 1. The number of hydrogen-bond acceptors (Lipinski definition) is 4. The number of anilines is 1. The number of carbonyl (C=O) groups is 1. The van der Waals surface area contributed by atoms with Crippen LogP contribution in [0, 0.1) is 21.8 Å².